The molecule has 0 bridgehead atoms. The van der Waals surface area contributed by atoms with Crippen molar-refractivity contribution in [3.05, 3.63) is 12.2 Å². The van der Waals surface area contributed by atoms with Gasteiger partial charge in [0.1, 0.15) is 13.2 Å². The molecule has 1 atom stereocenters. The fourth-order valence-electron chi connectivity index (χ4n) is 3.20. The van der Waals surface area contributed by atoms with Crippen LogP contribution in [0.5, 0.6) is 0 Å². The molecule has 0 unspecified atom stereocenters. The van der Waals surface area contributed by atoms with Crippen molar-refractivity contribution in [3.63, 3.8) is 0 Å². The minimum Gasteiger partial charge on any atom is -0.462 e. The molecule has 0 heterocycles. The summed E-state index contributed by atoms with van der Waals surface area (Å²) < 4.78 is 12.6. The second-order valence-corrected chi connectivity index (χ2v) is 10.6. The molecule has 9 heteroatoms. The maximum Gasteiger partial charge on any atom is 0.358 e. The quantitative estimate of drug-likeness (QED) is 0.0523. The van der Waals surface area contributed by atoms with Crippen LogP contribution in [0.25, 0.3) is 0 Å². The Morgan fingerprint density at radius 1 is 0.765 bits per heavy atom. The van der Waals surface area contributed by atoms with Gasteiger partial charge < -0.3 is 14.2 Å². The smallest absolute Gasteiger partial charge is 0.358 e. The zero-order valence-electron chi connectivity index (χ0n) is 20.6. The molecular weight excluding hydrogens is 503 g/mol. The molecule has 0 aliphatic carbocycles. The summed E-state index contributed by atoms with van der Waals surface area (Å²) in [6.07, 6.45) is 19.2. The highest BCUT2D eigenvalue weighted by atomic mass is 35.6. The Kier molecular flexibility index (Phi) is 20.7. The Morgan fingerprint density at radius 2 is 1.26 bits per heavy atom. The zero-order valence-corrected chi connectivity index (χ0v) is 22.9. The summed E-state index contributed by atoms with van der Waals surface area (Å²) >= 11 is 16.2. The second kappa shape index (κ2) is 21.3. The average Bonchev–Trinajstić information content (AvgIpc) is 2.77. The first-order chi connectivity index (χ1) is 16.2. The van der Waals surface area contributed by atoms with Gasteiger partial charge in [-0.2, -0.15) is 0 Å². The lowest BCUT2D eigenvalue weighted by molar-refractivity contribution is -0.165. The van der Waals surface area contributed by atoms with E-state index in [-0.39, 0.29) is 19.6 Å². The normalized spacial score (nSPS) is 12.5. The summed E-state index contributed by atoms with van der Waals surface area (Å²) in [4.78, 5) is 34.6. The number of carbonyl (C=O) groups is 3. The summed E-state index contributed by atoms with van der Waals surface area (Å²) in [6.45, 7) is 2.81. The minimum absolute atomic E-state index is 0.239. The van der Waals surface area contributed by atoms with Crippen LogP contribution in [-0.4, -0.2) is 41.0 Å². The minimum atomic E-state index is -2.23. The van der Waals surface area contributed by atoms with Crippen LogP contribution < -0.4 is 0 Å². The Bertz CT molecular complexity index is 590. The van der Waals surface area contributed by atoms with Gasteiger partial charge in [-0.15, -0.1) is 0 Å². The lowest BCUT2D eigenvalue weighted by Crippen LogP contribution is -2.32. The molecular formula is C25H41Cl3O6. The van der Waals surface area contributed by atoms with E-state index in [1.54, 1.807) is 0 Å². The van der Waals surface area contributed by atoms with Crippen LogP contribution in [0.2, 0.25) is 0 Å². The molecule has 0 fully saturated rings. The van der Waals surface area contributed by atoms with Crippen LogP contribution in [-0.2, 0) is 28.6 Å². The van der Waals surface area contributed by atoms with E-state index in [2.05, 4.69) is 19.1 Å². The molecule has 34 heavy (non-hydrogen) atoms. The van der Waals surface area contributed by atoms with Crippen molar-refractivity contribution in [1.29, 1.82) is 0 Å². The highest BCUT2D eigenvalue weighted by Gasteiger charge is 2.33. The number of hydrogen-bond donors (Lipinski definition) is 0. The number of hydrogen-bond acceptors (Lipinski definition) is 6. The van der Waals surface area contributed by atoms with E-state index in [0.29, 0.717) is 0 Å². The van der Waals surface area contributed by atoms with Crippen molar-refractivity contribution in [2.75, 3.05) is 13.2 Å². The first-order valence-electron chi connectivity index (χ1n) is 12.4. The van der Waals surface area contributed by atoms with E-state index < -0.39 is 27.8 Å². The molecule has 0 aromatic heterocycles. The maximum absolute atomic E-state index is 11.9. The van der Waals surface area contributed by atoms with Crippen LogP contribution >= 0.6 is 34.8 Å². The van der Waals surface area contributed by atoms with Gasteiger partial charge in [-0.05, 0) is 32.1 Å². The number of ether oxygens (including phenoxy) is 3. The van der Waals surface area contributed by atoms with Gasteiger partial charge in [0.2, 0.25) is 0 Å². The van der Waals surface area contributed by atoms with Gasteiger partial charge >= 0.3 is 17.9 Å². The predicted molar refractivity (Wildman–Crippen MR) is 137 cm³/mol. The van der Waals surface area contributed by atoms with Gasteiger partial charge in [-0.25, -0.2) is 4.79 Å². The number of allylic oxidation sites excluding steroid dienone is 2. The molecule has 0 saturated heterocycles. The fourth-order valence-corrected chi connectivity index (χ4v) is 3.36. The molecule has 0 aliphatic heterocycles. The summed E-state index contributed by atoms with van der Waals surface area (Å²) in [5.74, 6) is -2.11. The summed E-state index contributed by atoms with van der Waals surface area (Å²) in [7, 11) is 0. The highest BCUT2D eigenvalue weighted by molar-refractivity contribution is 6.75. The predicted octanol–water partition coefficient (Wildman–Crippen LogP) is 7.41. The van der Waals surface area contributed by atoms with E-state index in [1.165, 1.54) is 51.9 Å². The first kappa shape index (κ1) is 33.0. The molecule has 0 rings (SSSR count). The van der Waals surface area contributed by atoms with Gasteiger partial charge in [0.15, 0.2) is 6.10 Å². The molecule has 198 valence electrons. The number of esters is 3. The molecule has 0 aromatic carbocycles. The third-order valence-corrected chi connectivity index (χ3v) is 5.50. The highest BCUT2D eigenvalue weighted by Crippen LogP contribution is 2.27. The monoisotopic (exact) mass is 542 g/mol. The molecule has 0 amide bonds. The van der Waals surface area contributed by atoms with Crippen molar-refractivity contribution in [2.45, 2.75) is 114 Å². The average molecular weight is 544 g/mol. The van der Waals surface area contributed by atoms with Crippen molar-refractivity contribution in [1.82, 2.24) is 0 Å². The van der Waals surface area contributed by atoms with Crippen molar-refractivity contribution >= 4 is 52.7 Å². The molecule has 0 radical (unpaired) electrons. The topological polar surface area (TPSA) is 78.9 Å². The largest absolute Gasteiger partial charge is 0.462 e. The number of carbonyl (C=O) groups excluding carboxylic acids is 3. The lowest BCUT2D eigenvalue weighted by atomic mass is 10.1. The van der Waals surface area contributed by atoms with E-state index >= 15 is 0 Å². The number of rotatable bonds is 20. The third kappa shape index (κ3) is 21.5. The number of alkyl halides is 3. The van der Waals surface area contributed by atoms with E-state index in [9.17, 15) is 14.4 Å². The molecule has 0 N–H and O–H groups in total. The Balaban J connectivity index is 3.77. The van der Waals surface area contributed by atoms with Crippen LogP contribution in [0.1, 0.15) is 104 Å². The first-order valence-corrected chi connectivity index (χ1v) is 13.5. The van der Waals surface area contributed by atoms with Gasteiger partial charge in [0, 0.05) is 13.3 Å². The van der Waals surface area contributed by atoms with Crippen molar-refractivity contribution < 1.29 is 28.6 Å². The zero-order chi connectivity index (χ0) is 25.7. The Morgan fingerprint density at radius 3 is 1.79 bits per heavy atom. The van der Waals surface area contributed by atoms with E-state index in [0.717, 1.165) is 38.5 Å². The molecule has 0 aromatic rings. The molecule has 0 saturated carbocycles. The van der Waals surface area contributed by atoms with Crippen LogP contribution in [0.3, 0.4) is 0 Å². The standard InChI is InChI=1S/C25H41Cl3O6/c1-3-4-5-6-7-8-9-10-11-12-13-14-15-16-17-18-23(30)32-19-22(34-21(2)29)20-33-24(31)25(26,27)28/h10-11,22H,3-9,12-20H2,1-2H3/b11-10-/t22-/m0/s1. The number of halogens is 3. The molecule has 6 nitrogen and oxygen atoms in total. The Labute approximate surface area is 220 Å². The number of unbranched alkanes of at least 4 members (excludes halogenated alkanes) is 11. The molecule has 0 spiro atoms. The van der Waals surface area contributed by atoms with Gasteiger partial charge in [0.05, 0.1) is 0 Å². The van der Waals surface area contributed by atoms with Crippen LogP contribution in [0.4, 0.5) is 0 Å². The SMILES string of the molecule is CCCCCCCC/C=C\CCCCCCCC(=O)OC[C@@H](COC(=O)C(Cl)(Cl)Cl)OC(C)=O. The van der Waals surface area contributed by atoms with Gasteiger partial charge in [0.25, 0.3) is 3.79 Å². The van der Waals surface area contributed by atoms with Gasteiger partial charge in [-0.1, -0.05) is 105 Å². The summed E-state index contributed by atoms with van der Waals surface area (Å²) in [6, 6.07) is 0. The maximum atomic E-state index is 11.9. The van der Waals surface area contributed by atoms with E-state index in [1.807, 2.05) is 0 Å². The second-order valence-electron chi connectivity index (χ2n) is 8.34. The lowest BCUT2D eigenvalue weighted by Gasteiger charge is -2.18. The van der Waals surface area contributed by atoms with Crippen LogP contribution in [0.15, 0.2) is 12.2 Å². The van der Waals surface area contributed by atoms with Gasteiger partial charge in [-0.3, -0.25) is 9.59 Å². The van der Waals surface area contributed by atoms with Crippen molar-refractivity contribution in [3.8, 4) is 0 Å². The molecule has 0 aliphatic rings. The summed E-state index contributed by atoms with van der Waals surface area (Å²) in [5, 5.41) is 0. The summed E-state index contributed by atoms with van der Waals surface area (Å²) in [5.41, 5.74) is 0. The Hall–Kier alpha value is -0.980. The van der Waals surface area contributed by atoms with Crippen molar-refractivity contribution in [2.24, 2.45) is 0 Å². The fraction of sp³-hybridized carbons (Fsp3) is 0.800. The van der Waals surface area contributed by atoms with Crippen LogP contribution in [0, 0.1) is 0 Å². The van der Waals surface area contributed by atoms with E-state index in [4.69, 9.17) is 49.0 Å². The third-order valence-electron chi connectivity index (χ3n) is 5.04.